The van der Waals surface area contributed by atoms with Crippen LogP contribution in [0.15, 0.2) is 18.2 Å². The van der Waals surface area contributed by atoms with E-state index < -0.39 is 0 Å². The van der Waals surface area contributed by atoms with Crippen LogP contribution in [-0.2, 0) is 6.42 Å². The normalized spacial score (nSPS) is 11.8. The van der Waals surface area contributed by atoms with Gasteiger partial charge < -0.3 is 5.32 Å². The second-order valence-corrected chi connectivity index (χ2v) is 6.92. The van der Waals surface area contributed by atoms with Crippen molar-refractivity contribution < 1.29 is 0 Å². The van der Waals surface area contributed by atoms with Crippen molar-refractivity contribution >= 4 is 23.2 Å². The molecule has 0 aliphatic rings. The highest BCUT2D eigenvalue weighted by molar-refractivity contribution is 6.35. The van der Waals surface area contributed by atoms with E-state index in [0.29, 0.717) is 5.02 Å². The molecule has 0 spiro atoms. The smallest absolute Gasteiger partial charge is 0.0452 e. The molecular weight excluding hydrogens is 277 g/mol. The molecule has 1 N–H and O–H groups in total. The molecule has 0 saturated heterocycles. The molecule has 0 heterocycles. The molecule has 0 saturated carbocycles. The van der Waals surface area contributed by atoms with Crippen molar-refractivity contribution in [1.82, 2.24) is 5.32 Å². The van der Waals surface area contributed by atoms with Gasteiger partial charge in [0.05, 0.1) is 0 Å². The van der Waals surface area contributed by atoms with Gasteiger partial charge in [-0.25, -0.2) is 0 Å². The zero-order valence-corrected chi connectivity index (χ0v) is 13.7. The van der Waals surface area contributed by atoms with Crippen LogP contribution in [-0.4, -0.2) is 12.1 Å². The highest BCUT2D eigenvalue weighted by atomic mass is 35.5. The Morgan fingerprint density at radius 1 is 1.00 bits per heavy atom. The summed E-state index contributed by atoms with van der Waals surface area (Å²) in [6, 6.07) is 5.77. The van der Waals surface area contributed by atoms with Crippen LogP contribution in [0.4, 0.5) is 0 Å². The van der Waals surface area contributed by atoms with E-state index in [1.54, 1.807) is 0 Å². The summed E-state index contributed by atoms with van der Waals surface area (Å²) in [7, 11) is 0. The molecule has 0 bridgehead atoms. The van der Waals surface area contributed by atoms with E-state index in [1.807, 2.05) is 18.2 Å². The third kappa shape index (κ3) is 7.81. The molecule has 0 aliphatic heterocycles. The quantitative estimate of drug-likeness (QED) is 0.657. The van der Waals surface area contributed by atoms with Crippen LogP contribution in [0.1, 0.15) is 52.0 Å². The minimum absolute atomic E-state index is 0.233. The van der Waals surface area contributed by atoms with Gasteiger partial charge in [-0.2, -0.15) is 0 Å². The number of aryl methyl sites for hydroxylation is 1. The van der Waals surface area contributed by atoms with E-state index in [-0.39, 0.29) is 5.54 Å². The van der Waals surface area contributed by atoms with Gasteiger partial charge in [-0.1, -0.05) is 42.1 Å². The lowest BCUT2D eigenvalue weighted by molar-refractivity contribution is 0.416. The predicted molar refractivity (Wildman–Crippen MR) is 86.4 cm³/mol. The zero-order chi connectivity index (χ0) is 14.3. The lowest BCUT2D eigenvalue weighted by atomic mass is 10.1. The molecule has 108 valence electrons. The molecule has 0 atom stereocenters. The van der Waals surface area contributed by atoms with Gasteiger partial charge in [-0.05, 0) is 64.3 Å². The molecule has 0 unspecified atom stereocenters. The third-order valence-electron chi connectivity index (χ3n) is 3.04. The van der Waals surface area contributed by atoms with Gasteiger partial charge >= 0.3 is 0 Å². The fourth-order valence-corrected chi connectivity index (χ4v) is 2.48. The molecule has 1 nitrogen and oxygen atoms in total. The summed E-state index contributed by atoms with van der Waals surface area (Å²) in [6.45, 7) is 7.71. The minimum Gasteiger partial charge on any atom is -0.312 e. The second-order valence-electron chi connectivity index (χ2n) is 6.08. The molecule has 0 aliphatic carbocycles. The summed E-state index contributed by atoms with van der Waals surface area (Å²) in [4.78, 5) is 0. The Morgan fingerprint density at radius 2 is 1.68 bits per heavy atom. The van der Waals surface area contributed by atoms with E-state index in [0.717, 1.165) is 18.0 Å². The highest BCUT2D eigenvalue weighted by Gasteiger charge is 2.07. The Kier molecular flexibility index (Phi) is 7.20. The fourth-order valence-electron chi connectivity index (χ4n) is 1.98. The molecule has 1 aromatic rings. The van der Waals surface area contributed by atoms with Crippen molar-refractivity contribution in [2.24, 2.45) is 0 Å². The third-order valence-corrected chi connectivity index (χ3v) is 3.63. The summed E-state index contributed by atoms with van der Waals surface area (Å²) in [5.74, 6) is 0. The molecule has 3 heteroatoms. The monoisotopic (exact) mass is 301 g/mol. The average Bonchev–Trinajstić information content (AvgIpc) is 2.29. The number of hydrogen-bond acceptors (Lipinski definition) is 1. The lowest BCUT2D eigenvalue weighted by Crippen LogP contribution is -2.36. The molecule has 0 aromatic heterocycles. The van der Waals surface area contributed by atoms with Gasteiger partial charge in [0.15, 0.2) is 0 Å². The van der Waals surface area contributed by atoms with Crippen LogP contribution < -0.4 is 5.32 Å². The predicted octanol–water partition coefficient (Wildman–Crippen LogP) is 5.48. The highest BCUT2D eigenvalue weighted by Crippen LogP contribution is 2.22. The Balaban J connectivity index is 2.11. The second kappa shape index (κ2) is 8.14. The number of hydrogen-bond donors (Lipinski definition) is 1. The first-order valence-electron chi connectivity index (χ1n) is 7.07. The SMILES string of the molecule is CC(C)(C)NCCCCCCc1ccc(Cl)cc1Cl. The Bertz CT molecular complexity index is 383. The van der Waals surface area contributed by atoms with Gasteiger partial charge in [-0.15, -0.1) is 0 Å². The number of rotatable bonds is 7. The van der Waals surface area contributed by atoms with E-state index in [9.17, 15) is 0 Å². The maximum absolute atomic E-state index is 6.15. The van der Waals surface area contributed by atoms with Crippen LogP contribution in [0.2, 0.25) is 10.0 Å². The Labute approximate surface area is 127 Å². The maximum Gasteiger partial charge on any atom is 0.0452 e. The van der Waals surface area contributed by atoms with Gasteiger partial charge in [0.25, 0.3) is 0 Å². The summed E-state index contributed by atoms with van der Waals surface area (Å²) < 4.78 is 0. The van der Waals surface area contributed by atoms with Crippen molar-refractivity contribution in [3.63, 3.8) is 0 Å². The van der Waals surface area contributed by atoms with Crippen LogP contribution in [0.3, 0.4) is 0 Å². The van der Waals surface area contributed by atoms with Crippen molar-refractivity contribution in [3.8, 4) is 0 Å². The van der Waals surface area contributed by atoms with E-state index in [1.165, 1.54) is 31.2 Å². The lowest BCUT2D eigenvalue weighted by Gasteiger charge is -2.20. The van der Waals surface area contributed by atoms with Crippen molar-refractivity contribution in [1.29, 1.82) is 0 Å². The van der Waals surface area contributed by atoms with Crippen LogP contribution in [0.5, 0.6) is 0 Å². The van der Waals surface area contributed by atoms with Crippen LogP contribution in [0.25, 0.3) is 0 Å². The number of nitrogens with one attached hydrogen (secondary N) is 1. The van der Waals surface area contributed by atoms with Crippen molar-refractivity contribution in [2.75, 3.05) is 6.54 Å². The van der Waals surface area contributed by atoms with Crippen LogP contribution in [0, 0.1) is 0 Å². The minimum atomic E-state index is 0.233. The first-order chi connectivity index (χ1) is 8.88. The molecule has 1 rings (SSSR count). The Morgan fingerprint density at radius 3 is 2.32 bits per heavy atom. The molecule has 1 aromatic carbocycles. The molecular formula is C16H25Cl2N. The Hall–Kier alpha value is -0.240. The van der Waals surface area contributed by atoms with Gasteiger partial charge in [0.2, 0.25) is 0 Å². The summed E-state index contributed by atoms with van der Waals surface area (Å²) in [5.41, 5.74) is 1.44. The van der Waals surface area contributed by atoms with E-state index >= 15 is 0 Å². The standard InChI is InChI=1S/C16H25Cl2N/c1-16(2,3)19-11-7-5-4-6-8-13-9-10-14(17)12-15(13)18/h9-10,12,19H,4-8,11H2,1-3H3. The van der Waals surface area contributed by atoms with Gasteiger partial charge in [0.1, 0.15) is 0 Å². The van der Waals surface area contributed by atoms with Gasteiger partial charge in [0, 0.05) is 15.6 Å². The first-order valence-corrected chi connectivity index (χ1v) is 7.83. The van der Waals surface area contributed by atoms with Crippen molar-refractivity contribution in [3.05, 3.63) is 33.8 Å². The zero-order valence-electron chi connectivity index (χ0n) is 12.2. The van der Waals surface area contributed by atoms with E-state index in [4.69, 9.17) is 23.2 Å². The van der Waals surface area contributed by atoms with Gasteiger partial charge in [-0.3, -0.25) is 0 Å². The summed E-state index contributed by atoms with van der Waals surface area (Å²) >= 11 is 12.0. The molecule has 0 fully saturated rings. The number of benzene rings is 1. The molecule has 19 heavy (non-hydrogen) atoms. The molecule has 0 amide bonds. The van der Waals surface area contributed by atoms with Crippen molar-refractivity contribution in [2.45, 2.75) is 58.4 Å². The summed E-state index contributed by atoms with van der Waals surface area (Å²) in [6.07, 6.45) is 6.00. The number of halogens is 2. The largest absolute Gasteiger partial charge is 0.312 e. The topological polar surface area (TPSA) is 12.0 Å². The average molecular weight is 302 g/mol. The van der Waals surface area contributed by atoms with E-state index in [2.05, 4.69) is 26.1 Å². The first kappa shape index (κ1) is 16.8. The summed E-state index contributed by atoms with van der Waals surface area (Å²) in [5, 5.41) is 5.01. The number of unbranched alkanes of at least 4 members (excludes halogenated alkanes) is 3. The fraction of sp³-hybridized carbons (Fsp3) is 0.625. The molecule has 0 radical (unpaired) electrons. The maximum atomic E-state index is 6.15. The van der Waals surface area contributed by atoms with Crippen LogP contribution >= 0.6 is 23.2 Å².